The molecule has 35 heavy (non-hydrogen) atoms. The van der Waals surface area contributed by atoms with E-state index in [0.717, 1.165) is 57.1 Å². The van der Waals surface area contributed by atoms with Gasteiger partial charge in [-0.3, -0.25) is 4.79 Å². The average Bonchev–Trinajstić information content (AvgIpc) is 2.81. The minimum Gasteiger partial charge on any atom is -0.332 e. The van der Waals surface area contributed by atoms with Gasteiger partial charge in [-0.15, -0.1) is 24.8 Å². The number of nitrogens with one attached hydrogen (secondary N) is 1. The number of hydrogen-bond donors (Lipinski definition) is 1. The lowest BCUT2D eigenvalue weighted by molar-refractivity contribution is -0.139. The number of carbonyl (C=O) groups excluding carboxylic acids is 1. The topological polar surface area (TPSA) is 35.6 Å². The lowest BCUT2D eigenvalue weighted by Gasteiger charge is -2.37. The van der Waals surface area contributed by atoms with Crippen LogP contribution in [0.1, 0.15) is 40.7 Å². The Bertz CT molecular complexity index is 1020. The summed E-state index contributed by atoms with van der Waals surface area (Å²) in [4.78, 5) is 17.2. The van der Waals surface area contributed by atoms with Gasteiger partial charge in [-0.25, -0.2) is 0 Å². The lowest BCUT2D eigenvalue weighted by atomic mass is 9.95. The Kier molecular flexibility index (Phi) is 10.6. The van der Waals surface area contributed by atoms with E-state index in [1.807, 2.05) is 25.3 Å². The fourth-order valence-corrected chi connectivity index (χ4v) is 4.79. The highest BCUT2D eigenvalue weighted by Crippen LogP contribution is 2.33. The molecule has 1 amide bonds. The van der Waals surface area contributed by atoms with Gasteiger partial charge in [0.2, 0.25) is 5.91 Å². The molecule has 2 heterocycles. The van der Waals surface area contributed by atoms with Gasteiger partial charge in [0.25, 0.3) is 0 Å². The molecule has 0 unspecified atom stereocenters. The standard InChI is InChI=1S/C26H30F3N3O.2ClH/c1-31-15-12-22(13-16-31)32(18-21-5-2-3-8-24(21)26(27,28)29)25(33)10-9-19-6-4-7-20-17-30-14-11-23(19)20;;/h2-10,22,30H,11-18H2,1H3;2*1H/b10-9+;;. The molecule has 1 fully saturated rings. The Balaban J connectivity index is 0.00000216. The Morgan fingerprint density at radius 3 is 2.54 bits per heavy atom. The van der Waals surface area contributed by atoms with Crippen LogP contribution in [0.15, 0.2) is 48.5 Å². The molecule has 0 bridgehead atoms. The molecular formula is C26H32Cl2F3N3O. The highest BCUT2D eigenvalue weighted by Gasteiger charge is 2.34. The summed E-state index contributed by atoms with van der Waals surface area (Å²) in [5.41, 5.74) is 2.91. The van der Waals surface area contributed by atoms with E-state index in [1.54, 1.807) is 11.0 Å². The molecule has 0 aliphatic carbocycles. The number of carbonyl (C=O) groups is 1. The molecule has 1 saturated heterocycles. The van der Waals surface area contributed by atoms with Crippen molar-refractivity contribution in [2.75, 3.05) is 26.7 Å². The van der Waals surface area contributed by atoms with E-state index in [4.69, 9.17) is 0 Å². The van der Waals surface area contributed by atoms with Crippen molar-refractivity contribution in [3.63, 3.8) is 0 Å². The third kappa shape index (κ3) is 7.23. The minimum absolute atomic E-state index is 0. The second kappa shape index (κ2) is 12.8. The third-order valence-corrected chi connectivity index (χ3v) is 6.66. The number of alkyl halides is 3. The van der Waals surface area contributed by atoms with Gasteiger partial charge in [0.1, 0.15) is 0 Å². The number of piperidine rings is 1. The van der Waals surface area contributed by atoms with Crippen LogP contribution in [0.5, 0.6) is 0 Å². The van der Waals surface area contributed by atoms with Crippen LogP contribution < -0.4 is 5.32 Å². The fraction of sp³-hybridized carbons (Fsp3) is 0.423. The summed E-state index contributed by atoms with van der Waals surface area (Å²) in [6.07, 6.45) is 1.29. The summed E-state index contributed by atoms with van der Waals surface area (Å²) in [5, 5.41) is 3.35. The molecule has 9 heteroatoms. The minimum atomic E-state index is -4.45. The zero-order valence-corrected chi connectivity index (χ0v) is 21.3. The quantitative estimate of drug-likeness (QED) is 0.531. The molecule has 2 aromatic carbocycles. The van der Waals surface area contributed by atoms with E-state index in [1.165, 1.54) is 29.3 Å². The van der Waals surface area contributed by atoms with Crippen molar-refractivity contribution in [3.8, 4) is 0 Å². The molecule has 4 nitrogen and oxygen atoms in total. The molecule has 2 aromatic rings. The van der Waals surface area contributed by atoms with Crippen LogP contribution in [0.25, 0.3) is 6.08 Å². The van der Waals surface area contributed by atoms with E-state index in [9.17, 15) is 18.0 Å². The Morgan fingerprint density at radius 1 is 1.11 bits per heavy atom. The van der Waals surface area contributed by atoms with Gasteiger partial charge >= 0.3 is 6.18 Å². The van der Waals surface area contributed by atoms with Gasteiger partial charge < -0.3 is 15.1 Å². The summed E-state index contributed by atoms with van der Waals surface area (Å²) < 4.78 is 40.8. The SMILES string of the molecule is CN1CCC(N(Cc2ccccc2C(F)(F)F)C(=O)/C=C/c2cccc3c2CCNC3)CC1.Cl.Cl. The van der Waals surface area contributed by atoms with E-state index in [2.05, 4.69) is 16.3 Å². The predicted octanol–water partition coefficient (Wildman–Crippen LogP) is 5.33. The molecule has 0 spiro atoms. The van der Waals surface area contributed by atoms with Crippen LogP contribution in [0.3, 0.4) is 0 Å². The van der Waals surface area contributed by atoms with E-state index >= 15 is 0 Å². The first-order chi connectivity index (χ1) is 15.8. The third-order valence-electron chi connectivity index (χ3n) is 6.66. The maximum atomic E-state index is 13.6. The van der Waals surface area contributed by atoms with Gasteiger partial charge in [-0.1, -0.05) is 36.4 Å². The van der Waals surface area contributed by atoms with Crippen molar-refractivity contribution in [2.45, 2.75) is 44.6 Å². The maximum absolute atomic E-state index is 13.6. The van der Waals surface area contributed by atoms with Crippen molar-refractivity contribution < 1.29 is 18.0 Å². The molecule has 4 rings (SSSR count). The molecule has 0 aromatic heterocycles. The number of benzene rings is 2. The fourth-order valence-electron chi connectivity index (χ4n) is 4.79. The second-order valence-corrected chi connectivity index (χ2v) is 8.90. The van der Waals surface area contributed by atoms with Gasteiger partial charge in [-0.2, -0.15) is 13.2 Å². The van der Waals surface area contributed by atoms with Crippen molar-refractivity contribution in [2.24, 2.45) is 0 Å². The smallest absolute Gasteiger partial charge is 0.332 e. The summed E-state index contributed by atoms with van der Waals surface area (Å²) >= 11 is 0. The van der Waals surface area contributed by atoms with Crippen LogP contribution in [0.4, 0.5) is 13.2 Å². The number of nitrogens with zero attached hydrogens (tertiary/aromatic N) is 2. The lowest BCUT2D eigenvalue weighted by Crippen LogP contribution is -2.45. The zero-order chi connectivity index (χ0) is 23.4. The van der Waals surface area contributed by atoms with Crippen molar-refractivity contribution in [3.05, 3.63) is 76.4 Å². The summed E-state index contributed by atoms with van der Waals surface area (Å²) in [6, 6.07) is 11.5. The maximum Gasteiger partial charge on any atom is 0.416 e. The highest BCUT2D eigenvalue weighted by atomic mass is 35.5. The molecule has 1 N–H and O–H groups in total. The van der Waals surface area contributed by atoms with Crippen molar-refractivity contribution in [1.29, 1.82) is 0 Å². The van der Waals surface area contributed by atoms with E-state index < -0.39 is 11.7 Å². The number of likely N-dealkylation sites (tertiary alicyclic amines) is 1. The Hall–Kier alpha value is -2.06. The number of amides is 1. The normalized spacial score (nSPS) is 16.8. The first kappa shape index (κ1) is 29.2. The molecule has 0 atom stereocenters. The summed E-state index contributed by atoms with van der Waals surface area (Å²) in [6.45, 7) is 3.28. The van der Waals surface area contributed by atoms with E-state index in [0.29, 0.717) is 0 Å². The monoisotopic (exact) mass is 529 g/mol. The molecule has 2 aliphatic rings. The first-order valence-corrected chi connectivity index (χ1v) is 11.5. The van der Waals surface area contributed by atoms with Crippen LogP contribution in [0, 0.1) is 0 Å². The van der Waals surface area contributed by atoms with E-state index in [-0.39, 0.29) is 48.9 Å². The van der Waals surface area contributed by atoms with Gasteiger partial charge in [0, 0.05) is 25.2 Å². The van der Waals surface area contributed by atoms with Crippen molar-refractivity contribution >= 4 is 36.8 Å². The summed E-state index contributed by atoms with van der Waals surface area (Å²) in [7, 11) is 2.02. The second-order valence-electron chi connectivity index (χ2n) is 8.90. The van der Waals surface area contributed by atoms with Crippen LogP contribution in [-0.2, 0) is 30.5 Å². The highest BCUT2D eigenvalue weighted by molar-refractivity contribution is 5.92. The number of fused-ring (bicyclic) bond motifs is 1. The Labute approximate surface area is 217 Å². The molecule has 0 saturated carbocycles. The largest absolute Gasteiger partial charge is 0.416 e. The molecule has 192 valence electrons. The zero-order valence-electron chi connectivity index (χ0n) is 19.7. The number of rotatable bonds is 5. The molecule has 2 aliphatic heterocycles. The Morgan fingerprint density at radius 2 is 1.83 bits per heavy atom. The molecular weight excluding hydrogens is 498 g/mol. The number of hydrogen-bond acceptors (Lipinski definition) is 3. The first-order valence-electron chi connectivity index (χ1n) is 11.5. The van der Waals surface area contributed by atoms with Gasteiger partial charge in [-0.05, 0) is 80.3 Å². The summed E-state index contributed by atoms with van der Waals surface area (Å²) in [5.74, 6) is -0.243. The van der Waals surface area contributed by atoms with Gasteiger partial charge in [0.15, 0.2) is 0 Å². The van der Waals surface area contributed by atoms with Crippen LogP contribution in [0.2, 0.25) is 0 Å². The van der Waals surface area contributed by atoms with Gasteiger partial charge in [0.05, 0.1) is 5.56 Å². The van der Waals surface area contributed by atoms with Crippen LogP contribution >= 0.6 is 24.8 Å². The predicted molar refractivity (Wildman–Crippen MR) is 138 cm³/mol. The average molecular weight is 530 g/mol. The van der Waals surface area contributed by atoms with Crippen molar-refractivity contribution in [1.82, 2.24) is 15.1 Å². The molecule has 0 radical (unpaired) electrons. The number of halogens is 5. The van der Waals surface area contributed by atoms with Crippen LogP contribution in [-0.4, -0.2) is 48.4 Å².